The number of nitrogens with zero attached hydrogens (tertiary/aromatic N) is 2. The molecule has 0 spiro atoms. The predicted molar refractivity (Wildman–Crippen MR) is 77.1 cm³/mol. The highest BCUT2D eigenvalue weighted by Crippen LogP contribution is 2.12. The van der Waals surface area contributed by atoms with Gasteiger partial charge >= 0.3 is 6.09 Å². The fourth-order valence-electron chi connectivity index (χ4n) is 2.36. The van der Waals surface area contributed by atoms with Gasteiger partial charge in [-0.15, -0.1) is 0 Å². The van der Waals surface area contributed by atoms with Crippen molar-refractivity contribution >= 4 is 6.09 Å². The predicted octanol–water partition coefficient (Wildman–Crippen LogP) is 1.62. The van der Waals surface area contributed by atoms with Gasteiger partial charge in [0.05, 0.1) is 14.2 Å². The smallest absolute Gasteiger partial charge is 0.409 e. The second-order valence-electron chi connectivity index (χ2n) is 4.90. The summed E-state index contributed by atoms with van der Waals surface area (Å²) < 4.78 is 9.88. The molecule has 5 nitrogen and oxygen atoms in total. The first-order chi connectivity index (χ1) is 9.72. The van der Waals surface area contributed by atoms with Crippen LogP contribution < -0.4 is 4.74 Å². The Morgan fingerprint density at radius 3 is 2.30 bits per heavy atom. The van der Waals surface area contributed by atoms with Crippen LogP contribution in [0.25, 0.3) is 0 Å². The van der Waals surface area contributed by atoms with Gasteiger partial charge < -0.3 is 14.4 Å². The molecule has 0 bridgehead atoms. The summed E-state index contributed by atoms with van der Waals surface area (Å²) in [5, 5.41) is 0. The number of hydrogen-bond acceptors (Lipinski definition) is 4. The molecular weight excluding hydrogens is 256 g/mol. The third kappa shape index (κ3) is 3.87. The van der Waals surface area contributed by atoms with Crippen LogP contribution in [0.5, 0.6) is 5.75 Å². The van der Waals surface area contributed by atoms with Crippen LogP contribution in [0.4, 0.5) is 4.79 Å². The van der Waals surface area contributed by atoms with Crippen molar-refractivity contribution in [3.05, 3.63) is 29.8 Å². The van der Waals surface area contributed by atoms with Crippen molar-refractivity contribution < 1.29 is 14.3 Å². The summed E-state index contributed by atoms with van der Waals surface area (Å²) in [6.07, 6.45) is 0.794. The molecule has 1 aromatic rings. The number of benzene rings is 1. The average Bonchev–Trinajstić information content (AvgIpc) is 2.53. The van der Waals surface area contributed by atoms with Gasteiger partial charge in [-0.25, -0.2) is 4.79 Å². The monoisotopic (exact) mass is 278 g/mol. The van der Waals surface area contributed by atoms with Gasteiger partial charge in [0.1, 0.15) is 5.75 Å². The van der Waals surface area contributed by atoms with E-state index in [1.165, 1.54) is 12.7 Å². The van der Waals surface area contributed by atoms with E-state index < -0.39 is 0 Å². The molecule has 0 aromatic heterocycles. The standard InChI is InChI=1S/C15H22N2O3/c1-19-14-5-3-13(4-6-14)7-8-16-9-11-17(12-10-16)15(18)20-2/h3-6H,7-12H2,1-2H3. The highest BCUT2D eigenvalue weighted by atomic mass is 16.5. The molecule has 1 aliphatic rings. The molecule has 0 N–H and O–H groups in total. The molecule has 1 amide bonds. The van der Waals surface area contributed by atoms with Gasteiger partial charge in [-0.05, 0) is 24.1 Å². The minimum Gasteiger partial charge on any atom is -0.497 e. The summed E-state index contributed by atoms with van der Waals surface area (Å²) in [5.41, 5.74) is 1.31. The van der Waals surface area contributed by atoms with Crippen LogP contribution in [-0.2, 0) is 11.2 Å². The topological polar surface area (TPSA) is 42.0 Å². The van der Waals surface area contributed by atoms with Gasteiger partial charge in [0.2, 0.25) is 0 Å². The van der Waals surface area contributed by atoms with Gasteiger partial charge in [-0.1, -0.05) is 12.1 Å². The first-order valence-corrected chi connectivity index (χ1v) is 6.91. The maximum absolute atomic E-state index is 11.4. The molecule has 1 saturated heterocycles. The molecule has 1 aromatic carbocycles. The maximum atomic E-state index is 11.4. The zero-order valence-corrected chi connectivity index (χ0v) is 12.2. The van der Waals surface area contributed by atoms with E-state index in [2.05, 4.69) is 17.0 Å². The zero-order valence-electron chi connectivity index (χ0n) is 12.2. The second-order valence-corrected chi connectivity index (χ2v) is 4.90. The Morgan fingerprint density at radius 2 is 1.75 bits per heavy atom. The van der Waals surface area contributed by atoms with Gasteiger partial charge in [0, 0.05) is 32.7 Å². The van der Waals surface area contributed by atoms with Gasteiger partial charge in [-0.2, -0.15) is 0 Å². The van der Waals surface area contributed by atoms with Crippen LogP contribution in [-0.4, -0.2) is 62.8 Å². The van der Waals surface area contributed by atoms with Crippen molar-refractivity contribution in [2.75, 3.05) is 46.9 Å². The number of hydrogen-bond donors (Lipinski definition) is 0. The summed E-state index contributed by atoms with van der Waals surface area (Å²) in [4.78, 5) is 15.5. The Morgan fingerprint density at radius 1 is 1.10 bits per heavy atom. The van der Waals surface area contributed by atoms with E-state index >= 15 is 0 Å². The van der Waals surface area contributed by atoms with Crippen LogP contribution in [0.2, 0.25) is 0 Å². The second kappa shape index (κ2) is 7.14. The summed E-state index contributed by atoms with van der Waals surface area (Å²) in [6, 6.07) is 8.18. The largest absolute Gasteiger partial charge is 0.497 e. The van der Waals surface area contributed by atoms with Gasteiger partial charge in [0.15, 0.2) is 0 Å². The SMILES string of the molecule is COC(=O)N1CCN(CCc2ccc(OC)cc2)CC1. The molecule has 5 heteroatoms. The van der Waals surface area contributed by atoms with Crippen LogP contribution in [0.15, 0.2) is 24.3 Å². The van der Waals surface area contributed by atoms with Gasteiger partial charge in [0.25, 0.3) is 0 Å². The molecule has 0 atom stereocenters. The Labute approximate surface area is 120 Å². The van der Waals surface area contributed by atoms with E-state index in [1.54, 1.807) is 12.0 Å². The lowest BCUT2D eigenvalue weighted by atomic mass is 10.1. The van der Waals surface area contributed by atoms with Crippen molar-refractivity contribution in [2.45, 2.75) is 6.42 Å². The number of amides is 1. The van der Waals surface area contributed by atoms with Crippen molar-refractivity contribution in [3.8, 4) is 5.75 Å². The Kier molecular flexibility index (Phi) is 5.24. The zero-order chi connectivity index (χ0) is 14.4. The van der Waals surface area contributed by atoms with E-state index in [4.69, 9.17) is 9.47 Å². The Balaban J connectivity index is 1.74. The number of ether oxygens (including phenoxy) is 2. The van der Waals surface area contributed by atoms with Gasteiger partial charge in [-0.3, -0.25) is 4.90 Å². The van der Waals surface area contributed by atoms with E-state index in [-0.39, 0.29) is 6.09 Å². The fraction of sp³-hybridized carbons (Fsp3) is 0.533. The summed E-state index contributed by atoms with van der Waals surface area (Å²) in [5.74, 6) is 0.889. The number of piperazine rings is 1. The van der Waals surface area contributed by atoms with Crippen LogP contribution >= 0.6 is 0 Å². The minimum atomic E-state index is -0.222. The highest BCUT2D eigenvalue weighted by Gasteiger charge is 2.20. The van der Waals surface area contributed by atoms with Crippen LogP contribution in [0.1, 0.15) is 5.56 Å². The molecule has 110 valence electrons. The summed E-state index contributed by atoms with van der Waals surface area (Å²) in [6.45, 7) is 4.32. The van der Waals surface area contributed by atoms with Crippen molar-refractivity contribution in [3.63, 3.8) is 0 Å². The molecule has 0 aliphatic carbocycles. The molecule has 0 radical (unpaired) electrons. The molecule has 0 unspecified atom stereocenters. The summed E-state index contributed by atoms with van der Waals surface area (Å²) in [7, 11) is 3.11. The third-order valence-electron chi connectivity index (χ3n) is 3.68. The number of rotatable bonds is 4. The van der Waals surface area contributed by atoms with E-state index in [0.717, 1.165) is 44.9 Å². The third-order valence-corrected chi connectivity index (χ3v) is 3.68. The normalized spacial score (nSPS) is 16.0. The van der Waals surface area contributed by atoms with E-state index in [9.17, 15) is 4.79 Å². The van der Waals surface area contributed by atoms with Crippen molar-refractivity contribution in [2.24, 2.45) is 0 Å². The molecule has 1 heterocycles. The highest BCUT2D eigenvalue weighted by molar-refractivity contribution is 5.67. The Bertz CT molecular complexity index is 425. The minimum absolute atomic E-state index is 0.222. The molecule has 2 rings (SSSR count). The molecule has 1 aliphatic heterocycles. The van der Waals surface area contributed by atoms with E-state index in [1.807, 2.05) is 12.1 Å². The number of methoxy groups -OCH3 is 2. The first-order valence-electron chi connectivity index (χ1n) is 6.91. The van der Waals surface area contributed by atoms with Crippen LogP contribution in [0, 0.1) is 0 Å². The average molecular weight is 278 g/mol. The number of carbonyl (C=O) groups is 1. The van der Waals surface area contributed by atoms with E-state index in [0.29, 0.717) is 0 Å². The number of carbonyl (C=O) groups excluding carboxylic acids is 1. The van der Waals surface area contributed by atoms with Crippen molar-refractivity contribution in [1.82, 2.24) is 9.80 Å². The quantitative estimate of drug-likeness (QED) is 0.839. The Hall–Kier alpha value is -1.75. The first kappa shape index (κ1) is 14.7. The fourth-order valence-corrected chi connectivity index (χ4v) is 2.36. The van der Waals surface area contributed by atoms with Crippen LogP contribution in [0.3, 0.4) is 0 Å². The molecular formula is C15H22N2O3. The molecule has 20 heavy (non-hydrogen) atoms. The molecule has 0 saturated carbocycles. The van der Waals surface area contributed by atoms with Crippen molar-refractivity contribution in [1.29, 1.82) is 0 Å². The molecule has 1 fully saturated rings. The maximum Gasteiger partial charge on any atom is 0.409 e. The lowest BCUT2D eigenvalue weighted by Gasteiger charge is -2.33. The lowest BCUT2D eigenvalue weighted by Crippen LogP contribution is -2.49. The summed E-state index contributed by atoms with van der Waals surface area (Å²) >= 11 is 0. The lowest BCUT2D eigenvalue weighted by molar-refractivity contribution is 0.0914.